The van der Waals surface area contributed by atoms with Crippen molar-refractivity contribution in [3.8, 4) is 0 Å². The molecule has 1 fully saturated rings. The van der Waals surface area contributed by atoms with Crippen LogP contribution in [-0.2, 0) is 0 Å². The lowest BCUT2D eigenvalue weighted by molar-refractivity contribution is 0.0532. The standard InChI is InChI=1S/C19H26N4O2/c1-13(2)23-14(3)12-16(15(23)4)18(24)21-8-10-22(11-9-21)19(25)17-6-5-7-20-17/h5-7,12-13,20H,8-11H2,1-4H3. The highest BCUT2D eigenvalue weighted by atomic mass is 16.2. The van der Waals surface area contributed by atoms with E-state index in [4.69, 9.17) is 0 Å². The fourth-order valence-electron chi connectivity index (χ4n) is 3.70. The van der Waals surface area contributed by atoms with Crippen LogP contribution in [0.2, 0.25) is 0 Å². The second kappa shape index (κ2) is 6.78. The van der Waals surface area contributed by atoms with E-state index in [1.807, 2.05) is 30.9 Å². The molecule has 1 N–H and O–H groups in total. The van der Waals surface area contributed by atoms with E-state index in [0.717, 1.165) is 17.0 Å². The monoisotopic (exact) mass is 342 g/mol. The Balaban J connectivity index is 1.68. The summed E-state index contributed by atoms with van der Waals surface area (Å²) >= 11 is 0. The highest BCUT2D eigenvalue weighted by Crippen LogP contribution is 2.22. The molecule has 0 aromatic carbocycles. The largest absolute Gasteiger partial charge is 0.357 e. The van der Waals surface area contributed by atoms with Crippen LogP contribution in [0.3, 0.4) is 0 Å². The zero-order valence-corrected chi connectivity index (χ0v) is 15.4. The number of rotatable bonds is 3. The van der Waals surface area contributed by atoms with E-state index in [0.29, 0.717) is 37.9 Å². The van der Waals surface area contributed by atoms with Crippen LogP contribution in [0.5, 0.6) is 0 Å². The van der Waals surface area contributed by atoms with E-state index in [1.165, 1.54) is 0 Å². The number of carbonyl (C=O) groups excluding carboxylic acids is 2. The molecular weight excluding hydrogens is 316 g/mol. The number of H-pyrrole nitrogens is 1. The number of carbonyl (C=O) groups is 2. The zero-order valence-electron chi connectivity index (χ0n) is 15.4. The molecule has 0 spiro atoms. The van der Waals surface area contributed by atoms with Gasteiger partial charge >= 0.3 is 0 Å². The molecule has 2 amide bonds. The Kier molecular flexibility index (Phi) is 4.70. The van der Waals surface area contributed by atoms with Crippen LogP contribution >= 0.6 is 0 Å². The Morgan fingerprint density at radius 1 is 1.04 bits per heavy atom. The van der Waals surface area contributed by atoms with E-state index in [9.17, 15) is 9.59 Å². The third-order valence-corrected chi connectivity index (χ3v) is 4.91. The summed E-state index contributed by atoms with van der Waals surface area (Å²) in [6.45, 7) is 10.5. The number of aromatic nitrogens is 2. The number of amides is 2. The summed E-state index contributed by atoms with van der Waals surface area (Å²) in [6.07, 6.45) is 1.75. The van der Waals surface area contributed by atoms with Gasteiger partial charge in [0.15, 0.2) is 0 Å². The molecule has 134 valence electrons. The molecule has 2 aromatic heterocycles. The van der Waals surface area contributed by atoms with Crippen molar-refractivity contribution >= 4 is 11.8 Å². The van der Waals surface area contributed by atoms with E-state index in [2.05, 4.69) is 23.4 Å². The van der Waals surface area contributed by atoms with Gasteiger partial charge in [-0.05, 0) is 45.9 Å². The van der Waals surface area contributed by atoms with Gasteiger partial charge in [0.05, 0.1) is 5.56 Å². The molecule has 0 radical (unpaired) electrons. The maximum absolute atomic E-state index is 12.9. The average Bonchev–Trinajstić information content (AvgIpc) is 3.22. The maximum atomic E-state index is 12.9. The van der Waals surface area contributed by atoms with Gasteiger partial charge in [-0.3, -0.25) is 9.59 Å². The van der Waals surface area contributed by atoms with Crippen molar-refractivity contribution in [2.24, 2.45) is 0 Å². The third kappa shape index (κ3) is 3.21. The van der Waals surface area contributed by atoms with Gasteiger partial charge in [-0.15, -0.1) is 0 Å². The molecule has 0 unspecified atom stereocenters. The maximum Gasteiger partial charge on any atom is 0.270 e. The molecule has 1 aliphatic rings. The van der Waals surface area contributed by atoms with Gasteiger partial charge < -0.3 is 19.4 Å². The van der Waals surface area contributed by atoms with E-state index < -0.39 is 0 Å². The Bertz CT molecular complexity index is 766. The molecule has 1 saturated heterocycles. The van der Waals surface area contributed by atoms with Crippen LogP contribution in [0.15, 0.2) is 24.4 Å². The van der Waals surface area contributed by atoms with Gasteiger partial charge in [-0.1, -0.05) is 0 Å². The van der Waals surface area contributed by atoms with Gasteiger partial charge in [-0.25, -0.2) is 0 Å². The number of piperazine rings is 1. The molecule has 3 rings (SSSR count). The van der Waals surface area contributed by atoms with Crippen LogP contribution < -0.4 is 0 Å². The SMILES string of the molecule is Cc1cc(C(=O)N2CCN(C(=O)c3ccc[nH]3)CC2)c(C)n1C(C)C. The minimum Gasteiger partial charge on any atom is -0.357 e. The van der Waals surface area contributed by atoms with E-state index in [1.54, 1.807) is 17.2 Å². The molecule has 2 aromatic rings. The Labute approximate surface area is 148 Å². The van der Waals surface area contributed by atoms with Gasteiger partial charge in [0, 0.05) is 49.8 Å². The number of aryl methyl sites for hydroxylation is 1. The van der Waals surface area contributed by atoms with Crippen LogP contribution in [0.1, 0.15) is 52.1 Å². The van der Waals surface area contributed by atoms with Crippen molar-refractivity contribution in [1.82, 2.24) is 19.4 Å². The first-order valence-electron chi connectivity index (χ1n) is 8.80. The number of nitrogens with zero attached hydrogens (tertiary/aromatic N) is 3. The van der Waals surface area contributed by atoms with E-state index >= 15 is 0 Å². The Hall–Kier alpha value is -2.50. The summed E-state index contributed by atoms with van der Waals surface area (Å²) in [5, 5.41) is 0. The van der Waals surface area contributed by atoms with Crippen molar-refractivity contribution in [2.45, 2.75) is 33.7 Å². The second-order valence-corrected chi connectivity index (χ2v) is 6.92. The summed E-state index contributed by atoms with van der Waals surface area (Å²) in [5.74, 6) is 0.0575. The first-order valence-corrected chi connectivity index (χ1v) is 8.80. The molecule has 0 saturated carbocycles. The van der Waals surface area contributed by atoms with Gasteiger partial charge in [0.25, 0.3) is 11.8 Å². The number of hydrogen-bond donors (Lipinski definition) is 1. The average molecular weight is 342 g/mol. The highest BCUT2D eigenvalue weighted by Gasteiger charge is 2.28. The highest BCUT2D eigenvalue weighted by molar-refractivity contribution is 5.96. The molecule has 6 heteroatoms. The molecular formula is C19H26N4O2. The van der Waals surface area contributed by atoms with Crippen LogP contribution in [0.4, 0.5) is 0 Å². The minimum absolute atomic E-state index is 0.00455. The van der Waals surface area contributed by atoms with Crippen LogP contribution in [-0.4, -0.2) is 57.3 Å². The lowest BCUT2D eigenvalue weighted by Gasteiger charge is -2.34. The fourth-order valence-corrected chi connectivity index (χ4v) is 3.70. The quantitative estimate of drug-likeness (QED) is 0.932. The normalized spacial score (nSPS) is 15.1. The predicted octanol–water partition coefficient (Wildman–Crippen LogP) is 2.61. The van der Waals surface area contributed by atoms with Crippen LogP contribution in [0, 0.1) is 13.8 Å². The molecule has 0 bridgehead atoms. The lowest BCUT2D eigenvalue weighted by atomic mass is 10.2. The summed E-state index contributed by atoms with van der Waals surface area (Å²) in [6, 6.07) is 5.91. The number of aromatic amines is 1. The van der Waals surface area contributed by atoms with Crippen molar-refractivity contribution in [3.05, 3.63) is 47.0 Å². The first-order chi connectivity index (χ1) is 11.9. The first kappa shape index (κ1) is 17.3. The third-order valence-electron chi connectivity index (χ3n) is 4.91. The fraction of sp³-hybridized carbons (Fsp3) is 0.474. The van der Waals surface area contributed by atoms with Gasteiger partial charge in [-0.2, -0.15) is 0 Å². The van der Waals surface area contributed by atoms with Gasteiger partial charge in [0.1, 0.15) is 5.69 Å². The summed E-state index contributed by atoms with van der Waals surface area (Å²) in [5.41, 5.74) is 3.49. The minimum atomic E-state index is -0.00455. The summed E-state index contributed by atoms with van der Waals surface area (Å²) < 4.78 is 2.19. The van der Waals surface area contributed by atoms with Gasteiger partial charge in [0.2, 0.25) is 0 Å². The van der Waals surface area contributed by atoms with Crippen molar-refractivity contribution in [2.75, 3.05) is 26.2 Å². The molecule has 0 aliphatic carbocycles. The second-order valence-electron chi connectivity index (χ2n) is 6.92. The molecule has 3 heterocycles. The molecule has 6 nitrogen and oxygen atoms in total. The molecule has 0 atom stereocenters. The smallest absolute Gasteiger partial charge is 0.270 e. The zero-order chi connectivity index (χ0) is 18.1. The molecule has 25 heavy (non-hydrogen) atoms. The Morgan fingerprint density at radius 2 is 1.64 bits per heavy atom. The van der Waals surface area contributed by atoms with Crippen molar-refractivity contribution in [1.29, 1.82) is 0 Å². The van der Waals surface area contributed by atoms with Crippen molar-refractivity contribution in [3.63, 3.8) is 0 Å². The predicted molar refractivity (Wildman–Crippen MR) is 96.9 cm³/mol. The number of nitrogens with one attached hydrogen (secondary N) is 1. The van der Waals surface area contributed by atoms with Crippen LogP contribution in [0.25, 0.3) is 0 Å². The Morgan fingerprint density at radius 3 is 2.12 bits per heavy atom. The molecule has 1 aliphatic heterocycles. The lowest BCUT2D eigenvalue weighted by Crippen LogP contribution is -2.50. The van der Waals surface area contributed by atoms with Crippen molar-refractivity contribution < 1.29 is 9.59 Å². The topological polar surface area (TPSA) is 61.3 Å². The summed E-state index contributed by atoms with van der Waals surface area (Å²) in [7, 11) is 0. The van der Waals surface area contributed by atoms with E-state index in [-0.39, 0.29) is 11.8 Å². The summed E-state index contributed by atoms with van der Waals surface area (Å²) in [4.78, 5) is 31.9. The number of hydrogen-bond acceptors (Lipinski definition) is 2.